The van der Waals surface area contributed by atoms with E-state index in [0.717, 1.165) is 6.42 Å². The Balaban J connectivity index is 2.25. The second kappa shape index (κ2) is 6.11. The maximum absolute atomic E-state index is 14.1. The van der Waals surface area contributed by atoms with E-state index in [2.05, 4.69) is 21.2 Å². The SMILES string of the molecule is CCNC(CC1CCC1)c1c(F)ccc(Br)c1F. The first kappa shape index (κ1) is 13.9. The number of hydrogen-bond donors (Lipinski definition) is 1. The van der Waals surface area contributed by atoms with E-state index in [1.165, 1.54) is 31.4 Å². The van der Waals surface area contributed by atoms with Crippen molar-refractivity contribution in [2.75, 3.05) is 6.54 Å². The number of halogens is 3. The molecule has 1 aromatic rings. The van der Waals surface area contributed by atoms with Gasteiger partial charge in [-0.05, 0) is 46.9 Å². The molecule has 1 aliphatic carbocycles. The maximum atomic E-state index is 14.1. The first-order valence-corrected chi connectivity index (χ1v) is 7.29. The molecule has 0 amide bonds. The summed E-state index contributed by atoms with van der Waals surface area (Å²) in [5.74, 6) is -0.326. The van der Waals surface area contributed by atoms with Crippen molar-refractivity contribution in [2.24, 2.45) is 5.92 Å². The first-order chi connectivity index (χ1) is 8.63. The smallest absolute Gasteiger partial charge is 0.145 e. The fourth-order valence-corrected chi connectivity index (χ4v) is 2.82. The molecule has 100 valence electrons. The van der Waals surface area contributed by atoms with Gasteiger partial charge in [-0.2, -0.15) is 0 Å². The van der Waals surface area contributed by atoms with Crippen LogP contribution in [0.4, 0.5) is 8.78 Å². The minimum atomic E-state index is -0.472. The monoisotopic (exact) mass is 317 g/mol. The molecule has 1 atom stereocenters. The zero-order valence-electron chi connectivity index (χ0n) is 10.5. The van der Waals surface area contributed by atoms with Crippen LogP contribution in [0.5, 0.6) is 0 Å². The zero-order valence-corrected chi connectivity index (χ0v) is 12.1. The summed E-state index contributed by atoms with van der Waals surface area (Å²) >= 11 is 3.13. The van der Waals surface area contributed by atoms with Gasteiger partial charge >= 0.3 is 0 Å². The molecule has 4 heteroatoms. The molecule has 1 unspecified atom stereocenters. The first-order valence-electron chi connectivity index (χ1n) is 6.50. The highest BCUT2D eigenvalue weighted by Crippen LogP contribution is 2.37. The van der Waals surface area contributed by atoms with Gasteiger partial charge in [-0.3, -0.25) is 0 Å². The molecule has 1 saturated carbocycles. The van der Waals surface area contributed by atoms with Crippen molar-refractivity contribution in [1.82, 2.24) is 5.32 Å². The van der Waals surface area contributed by atoms with E-state index in [-0.39, 0.29) is 11.6 Å². The number of benzene rings is 1. The topological polar surface area (TPSA) is 12.0 Å². The van der Waals surface area contributed by atoms with Gasteiger partial charge < -0.3 is 5.32 Å². The number of rotatable bonds is 5. The van der Waals surface area contributed by atoms with Crippen molar-refractivity contribution >= 4 is 15.9 Å². The van der Waals surface area contributed by atoms with Crippen LogP contribution in [-0.2, 0) is 0 Å². The van der Waals surface area contributed by atoms with Crippen molar-refractivity contribution in [3.05, 3.63) is 33.8 Å². The second-order valence-electron chi connectivity index (χ2n) is 4.90. The number of nitrogens with one attached hydrogen (secondary N) is 1. The zero-order chi connectivity index (χ0) is 13.1. The average Bonchev–Trinajstić information content (AvgIpc) is 2.29. The summed E-state index contributed by atoms with van der Waals surface area (Å²) in [6, 6.07) is 2.52. The summed E-state index contributed by atoms with van der Waals surface area (Å²) in [4.78, 5) is 0. The Bertz CT molecular complexity index is 419. The van der Waals surface area contributed by atoms with E-state index in [4.69, 9.17) is 0 Å². The molecule has 0 spiro atoms. The lowest BCUT2D eigenvalue weighted by Crippen LogP contribution is -2.27. The van der Waals surface area contributed by atoms with Crippen LogP contribution in [-0.4, -0.2) is 6.54 Å². The van der Waals surface area contributed by atoms with Crippen LogP contribution >= 0.6 is 15.9 Å². The molecule has 18 heavy (non-hydrogen) atoms. The standard InChI is InChI=1S/C14H18BrF2N/c1-2-18-12(8-9-4-3-5-9)13-11(16)7-6-10(15)14(13)17/h6-7,9,12,18H,2-5,8H2,1H3. The van der Waals surface area contributed by atoms with Gasteiger partial charge in [-0.1, -0.05) is 26.2 Å². The predicted octanol–water partition coefficient (Wildman–Crippen LogP) is 4.57. The average molecular weight is 318 g/mol. The minimum Gasteiger partial charge on any atom is -0.310 e. The molecule has 1 N–H and O–H groups in total. The van der Waals surface area contributed by atoms with Crippen LogP contribution in [0, 0.1) is 17.6 Å². The molecule has 1 fully saturated rings. The fourth-order valence-electron chi connectivity index (χ4n) is 2.47. The van der Waals surface area contributed by atoms with Gasteiger partial charge in [0.1, 0.15) is 11.6 Å². The van der Waals surface area contributed by atoms with Gasteiger partial charge in [-0.15, -0.1) is 0 Å². The molecular weight excluding hydrogens is 300 g/mol. The normalized spacial score (nSPS) is 17.6. The van der Waals surface area contributed by atoms with Crippen LogP contribution in [0.1, 0.15) is 44.2 Å². The van der Waals surface area contributed by atoms with E-state index < -0.39 is 11.6 Å². The summed E-state index contributed by atoms with van der Waals surface area (Å²) in [5, 5.41) is 3.21. The van der Waals surface area contributed by atoms with Crippen molar-refractivity contribution in [2.45, 2.75) is 38.6 Å². The lowest BCUT2D eigenvalue weighted by atomic mass is 9.79. The Labute approximate surface area is 115 Å². The van der Waals surface area contributed by atoms with Gasteiger partial charge in [0, 0.05) is 11.6 Å². The highest BCUT2D eigenvalue weighted by atomic mass is 79.9. The minimum absolute atomic E-state index is 0.179. The van der Waals surface area contributed by atoms with Crippen molar-refractivity contribution < 1.29 is 8.78 Å². The Kier molecular flexibility index (Phi) is 4.73. The highest BCUT2D eigenvalue weighted by Gasteiger charge is 2.27. The van der Waals surface area contributed by atoms with Crippen LogP contribution in [0.2, 0.25) is 0 Å². The van der Waals surface area contributed by atoms with Crippen LogP contribution in [0.3, 0.4) is 0 Å². The lowest BCUT2D eigenvalue weighted by Gasteiger charge is -2.30. The largest absolute Gasteiger partial charge is 0.310 e. The third-order valence-corrected chi connectivity index (χ3v) is 4.28. The van der Waals surface area contributed by atoms with Crippen LogP contribution in [0.25, 0.3) is 0 Å². The quantitative estimate of drug-likeness (QED) is 0.784. The molecule has 2 rings (SSSR count). The molecule has 1 nitrogen and oxygen atoms in total. The van der Waals surface area contributed by atoms with Crippen LogP contribution < -0.4 is 5.32 Å². The van der Waals surface area contributed by atoms with E-state index in [0.29, 0.717) is 16.9 Å². The Morgan fingerprint density at radius 2 is 2.11 bits per heavy atom. The third-order valence-electron chi connectivity index (χ3n) is 3.67. The van der Waals surface area contributed by atoms with Gasteiger partial charge in [0.2, 0.25) is 0 Å². The molecule has 0 heterocycles. The molecule has 0 radical (unpaired) electrons. The van der Waals surface area contributed by atoms with Gasteiger partial charge in [-0.25, -0.2) is 8.78 Å². The fraction of sp³-hybridized carbons (Fsp3) is 0.571. The Morgan fingerprint density at radius 3 is 2.67 bits per heavy atom. The van der Waals surface area contributed by atoms with Crippen LogP contribution in [0.15, 0.2) is 16.6 Å². The van der Waals surface area contributed by atoms with Crippen molar-refractivity contribution in [1.29, 1.82) is 0 Å². The molecule has 1 aromatic carbocycles. The Morgan fingerprint density at radius 1 is 1.39 bits per heavy atom. The van der Waals surface area contributed by atoms with Gasteiger partial charge in [0.25, 0.3) is 0 Å². The van der Waals surface area contributed by atoms with E-state index in [1.807, 2.05) is 6.92 Å². The second-order valence-corrected chi connectivity index (χ2v) is 5.75. The summed E-state index contributed by atoms with van der Waals surface area (Å²) in [7, 11) is 0. The summed E-state index contributed by atoms with van der Waals surface area (Å²) in [6.07, 6.45) is 4.42. The third kappa shape index (κ3) is 2.91. The van der Waals surface area contributed by atoms with Gasteiger partial charge in [0.05, 0.1) is 4.47 Å². The predicted molar refractivity (Wildman–Crippen MR) is 72.4 cm³/mol. The highest BCUT2D eigenvalue weighted by molar-refractivity contribution is 9.10. The summed E-state index contributed by atoms with van der Waals surface area (Å²) < 4.78 is 28.3. The molecule has 0 bridgehead atoms. The molecule has 0 aliphatic heterocycles. The molecule has 1 aliphatic rings. The van der Waals surface area contributed by atoms with Crippen molar-refractivity contribution in [3.63, 3.8) is 0 Å². The van der Waals surface area contributed by atoms with Crippen molar-refractivity contribution in [3.8, 4) is 0 Å². The number of hydrogen-bond acceptors (Lipinski definition) is 1. The summed E-state index contributed by atoms with van der Waals surface area (Å²) in [6.45, 7) is 2.67. The molecule has 0 aromatic heterocycles. The lowest BCUT2D eigenvalue weighted by molar-refractivity contribution is 0.257. The van der Waals surface area contributed by atoms with E-state index in [9.17, 15) is 8.78 Å². The molecular formula is C14H18BrF2N. The maximum Gasteiger partial charge on any atom is 0.145 e. The Hall–Kier alpha value is -0.480. The van der Waals surface area contributed by atoms with Gasteiger partial charge in [0.15, 0.2) is 0 Å². The van der Waals surface area contributed by atoms with E-state index >= 15 is 0 Å². The summed E-state index contributed by atoms with van der Waals surface area (Å²) in [5.41, 5.74) is 0.179. The molecule has 0 saturated heterocycles. The van der Waals surface area contributed by atoms with E-state index in [1.54, 1.807) is 0 Å².